The number of rotatable bonds is 4. The Morgan fingerprint density at radius 1 is 1.36 bits per heavy atom. The number of carbonyl (C=O) groups is 1. The highest BCUT2D eigenvalue weighted by molar-refractivity contribution is 5.77. The molecule has 0 saturated carbocycles. The first kappa shape index (κ1) is 10.7. The van der Waals surface area contributed by atoms with E-state index in [4.69, 9.17) is 11.5 Å². The van der Waals surface area contributed by atoms with Crippen LogP contribution in [0.1, 0.15) is 5.56 Å². The van der Waals surface area contributed by atoms with Crippen molar-refractivity contribution in [2.24, 2.45) is 17.4 Å². The van der Waals surface area contributed by atoms with Gasteiger partial charge in [-0.2, -0.15) is 0 Å². The molecule has 1 unspecified atom stereocenters. The molecule has 3 nitrogen and oxygen atoms in total. The van der Waals surface area contributed by atoms with Gasteiger partial charge in [-0.25, -0.2) is 4.39 Å². The molecule has 0 bridgehead atoms. The number of halogens is 1. The van der Waals surface area contributed by atoms with E-state index < -0.39 is 5.91 Å². The second kappa shape index (κ2) is 4.72. The molecule has 1 rings (SSSR count). The maximum atomic E-state index is 12.5. The van der Waals surface area contributed by atoms with Crippen molar-refractivity contribution in [3.05, 3.63) is 35.6 Å². The van der Waals surface area contributed by atoms with Gasteiger partial charge >= 0.3 is 0 Å². The minimum Gasteiger partial charge on any atom is -0.369 e. The van der Waals surface area contributed by atoms with Crippen LogP contribution >= 0.6 is 0 Å². The maximum Gasteiger partial charge on any atom is 0.222 e. The van der Waals surface area contributed by atoms with Crippen LogP contribution in [0.25, 0.3) is 0 Å². The van der Waals surface area contributed by atoms with Crippen LogP contribution in [0.15, 0.2) is 24.3 Å². The first-order valence-electron chi connectivity index (χ1n) is 4.37. The molecule has 0 spiro atoms. The molecule has 0 saturated heterocycles. The first-order valence-corrected chi connectivity index (χ1v) is 4.37. The van der Waals surface area contributed by atoms with E-state index in [1.807, 2.05) is 0 Å². The van der Waals surface area contributed by atoms with Gasteiger partial charge in [0.05, 0.1) is 5.92 Å². The van der Waals surface area contributed by atoms with Crippen LogP contribution in [0.2, 0.25) is 0 Å². The zero-order chi connectivity index (χ0) is 10.6. The lowest BCUT2D eigenvalue weighted by Crippen LogP contribution is -2.31. The van der Waals surface area contributed by atoms with E-state index in [9.17, 15) is 9.18 Å². The lowest BCUT2D eigenvalue weighted by atomic mass is 9.99. The van der Waals surface area contributed by atoms with Gasteiger partial charge in [0.1, 0.15) is 5.82 Å². The number of amides is 1. The highest BCUT2D eigenvalue weighted by atomic mass is 19.1. The zero-order valence-corrected chi connectivity index (χ0v) is 7.74. The zero-order valence-electron chi connectivity index (χ0n) is 7.74. The van der Waals surface area contributed by atoms with Crippen molar-refractivity contribution in [2.75, 3.05) is 6.54 Å². The fraction of sp³-hybridized carbons (Fsp3) is 0.300. The Morgan fingerprint density at radius 2 is 1.93 bits per heavy atom. The third kappa shape index (κ3) is 2.81. The van der Waals surface area contributed by atoms with Crippen molar-refractivity contribution in [1.82, 2.24) is 0 Å². The van der Waals surface area contributed by atoms with Crippen LogP contribution in [0.4, 0.5) is 4.39 Å². The van der Waals surface area contributed by atoms with Crippen LogP contribution in [0.3, 0.4) is 0 Å². The van der Waals surface area contributed by atoms with E-state index in [1.165, 1.54) is 12.1 Å². The van der Waals surface area contributed by atoms with Gasteiger partial charge in [-0.05, 0) is 24.1 Å². The number of hydrogen-bond donors (Lipinski definition) is 2. The number of primary amides is 1. The van der Waals surface area contributed by atoms with Gasteiger partial charge in [-0.1, -0.05) is 12.1 Å². The summed E-state index contributed by atoms with van der Waals surface area (Å²) in [5, 5.41) is 0. The van der Waals surface area contributed by atoms with Gasteiger partial charge in [0.2, 0.25) is 5.91 Å². The fourth-order valence-electron chi connectivity index (χ4n) is 1.21. The van der Waals surface area contributed by atoms with Crippen LogP contribution in [-0.2, 0) is 11.2 Å². The quantitative estimate of drug-likeness (QED) is 0.733. The number of nitrogens with two attached hydrogens (primary N) is 2. The Hall–Kier alpha value is -1.42. The number of carbonyl (C=O) groups excluding carboxylic acids is 1. The molecule has 0 aliphatic heterocycles. The van der Waals surface area contributed by atoms with Gasteiger partial charge in [0.25, 0.3) is 0 Å². The van der Waals surface area contributed by atoms with Gasteiger partial charge in [-0.3, -0.25) is 4.79 Å². The standard InChI is InChI=1S/C10H13FN2O/c11-9-3-1-7(2-4-9)5-8(6-12)10(13)14/h1-4,8H,5-6,12H2,(H2,13,14). The molecular formula is C10H13FN2O. The minimum absolute atomic E-state index is 0.215. The molecule has 4 N–H and O–H groups in total. The molecule has 0 aliphatic rings. The van der Waals surface area contributed by atoms with Crippen molar-refractivity contribution < 1.29 is 9.18 Å². The maximum absolute atomic E-state index is 12.5. The van der Waals surface area contributed by atoms with E-state index in [2.05, 4.69) is 0 Å². The molecule has 0 fully saturated rings. The molecule has 1 aromatic carbocycles. The van der Waals surface area contributed by atoms with Crippen LogP contribution in [0.5, 0.6) is 0 Å². The Kier molecular flexibility index (Phi) is 3.59. The first-order chi connectivity index (χ1) is 6.63. The second-order valence-electron chi connectivity index (χ2n) is 3.17. The van der Waals surface area contributed by atoms with E-state index in [-0.39, 0.29) is 18.3 Å². The smallest absolute Gasteiger partial charge is 0.222 e. The average Bonchev–Trinajstić information content (AvgIpc) is 2.16. The highest BCUT2D eigenvalue weighted by Gasteiger charge is 2.13. The molecule has 1 atom stereocenters. The highest BCUT2D eigenvalue weighted by Crippen LogP contribution is 2.08. The molecule has 14 heavy (non-hydrogen) atoms. The summed E-state index contributed by atoms with van der Waals surface area (Å²) in [7, 11) is 0. The molecule has 4 heteroatoms. The normalized spacial score (nSPS) is 12.4. The lowest BCUT2D eigenvalue weighted by Gasteiger charge is -2.09. The summed E-state index contributed by atoms with van der Waals surface area (Å²) in [4.78, 5) is 10.9. The Bertz CT molecular complexity index is 310. The molecule has 0 aliphatic carbocycles. The van der Waals surface area contributed by atoms with Gasteiger partial charge in [0.15, 0.2) is 0 Å². The van der Waals surface area contributed by atoms with Crippen molar-refractivity contribution in [3.8, 4) is 0 Å². The van der Waals surface area contributed by atoms with Crippen molar-refractivity contribution >= 4 is 5.91 Å². The fourth-order valence-corrected chi connectivity index (χ4v) is 1.21. The van der Waals surface area contributed by atoms with Crippen LogP contribution in [0, 0.1) is 11.7 Å². The minimum atomic E-state index is -0.420. The predicted molar refractivity (Wildman–Crippen MR) is 51.8 cm³/mol. The van der Waals surface area contributed by atoms with Crippen LogP contribution < -0.4 is 11.5 Å². The molecular weight excluding hydrogens is 183 g/mol. The molecule has 1 amide bonds. The number of hydrogen-bond acceptors (Lipinski definition) is 2. The monoisotopic (exact) mass is 196 g/mol. The summed E-state index contributed by atoms with van der Waals surface area (Å²) in [6.07, 6.45) is 0.464. The molecule has 0 heterocycles. The van der Waals surface area contributed by atoms with E-state index in [1.54, 1.807) is 12.1 Å². The summed E-state index contributed by atoms with van der Waals surface area (Å²) in [6.45, 7) is 0.215. The molecule has 0 aromatic heterocycles. The molecule has 76 valence electrons. The van der Waals surface area contributed by atoms with Crippen molar-refractivity contribution in [1.29, 1.82) is 0 Å². The average molecular weight is 196 g/mol. The molecule has 0 radical (unpaired) electrons. The number of benzene rings is 1. The largest absolute Gasteiger partial charge is 0.369 e. The van der Waals surface area contributed by atoms with Crippen molar-refractivity contribution in [2.45, 2.75) is 6.42 Å². The Morgan fingerprint density at radius 3 is 2.36 bits per heavy atom. The summed E-state index contributed by atoms with van der Waals surface area (Å²) in [6, 6.07) is 5.95. The summed E-state index contributed by atoms with van der Waals surface area (Å²) < 4.78 is 12.5. The third-order valence-electron chi connectivity index (χ3n) is 2.08. The third-order valence-corrected chi connectivity index (χ3v) is 2.08. The summed E-state index contributed by atoms with van der Waals surface area (Å²) in [5.41, 5.74) is 11.4. The SMILES string of the molecule is NCC(Cc1ccc(F)cc1)C(N)=O. The van der Waals surface area contributed by atoms with Crippen LogP contribution in [-0.4, -0.2) is 12.5 Å². The van der Waals surface area contributed by atoms with E-state index >= 15 is 0 Å². The topological polar surface area (TPSA) is 69.1 Å². The van der Waals surface area contributed by atoms with Gasteiger partial charge in [0, 0.05) is 6.54 Å². The Balaban J connectivity index is 2.67. The van der Waals surface area contributed by atoms with E-state index in [0.29, 0.717) is 6.42 Å². The molecule has 1 aromatic rings. The summed E-state index contributed by atoms with van der Waals surface area (Å²) >= 11 is 0. The predicted octanol–water partition coefficient (Wildman–Crippen LogP) is 0.428. The van der Waals surface area contributed by atoms with E-state index in [0.717, 1.165) is 5.56 Å². The van der Waals surface area contributed by atoms with Gasteiger partial charge in [-0.15, -0.1) is 0 Å². The lowest BCUT2D eigenvalue weighted by molar-refractivity contribution is -0.121. The Labute approximate surface area is 81.9 Å². The second-order valence-corrected chi connectivity index (χ2v) is 3.17. The van der Waals surface area contributed by atoms with Crippen molar-refractivity contribution in [3.63, 3.8) is 0 Å². The summed E-state index contributed by atoms with van der Waals surface area (Å²) in [5.74, 6) is -1.09. The van der Waals surface area contributed by atoms with Gasteiger partial charge < -0.3 is 11.5 Å².